The molecule has 1 aromatic heterocycles. The predicted octanol–water partition coefficient (Wildman–Crippen LogP) is 4.59. The normalized spacial score (nSPS) is 18.7. The molecule has 3 nitrogen and oxygen atoms in total. The van der Waals surface area contributed by atoms with Crippen LogP contribution in [-0.4, -0.2) is 17.6 Å². The van der Waals surface area contributed by atoms with Crippen molar-refractivity contribution in [3.05, 3.63) is 59.4 Å². The van der Waals surface area contributed by atoms with Crippen LogP contribution in [0.2, 0.25) is 0 Å². The summed E-state index contributed by atoms with van der Waals surface area (Å²) in [5.41, 5.74) is 4.78. The van der Waals surface area contributed by atoms with E-state index in [4.69, 9.17) is 4.74 Å². The maximum atomic E-state index is 14.0. The number of benzene rings is 2. The zero-order chi connectivity index (χ0) is 17.8. The van der Waals surface area contributed by atoms with Crippen molar-refractivity contribution >= 4 is 16.9 Å². The molecule has 0 bridgehead atoms. The fraction of sp³-hybridized carbons (Fsp3) is 0.286. The van der Waals surface area contributed by atoms with Crippen molar-refractivity contribution < 1.29 is 13.9 Å². The van der Waals surface area contributed by atoms with Crippen molar-refractivity contribution in [1.29, 1.82) is 0 Å². The summed E-state index contributed by atoms with van der Waals surface area (Å²) in [4.78, 5) is 12.0. The summed E-state index contributed by atoms with van der Waals surface area (Å²) in [7, 11) is 1.39. The minimum atomic E-state index is -0.522. The third-order valence-corrected chi connectivity index (χ3v) is 5.38. The third-order valence-electron chi connectivity index (χ3n) is 5.38. The van der Waals surface area contributed by atoms with E-state index in [-0.39, 0.29) is 18.2 Å². The maximum absolute atomic E-state index is 14.0. The standard InChI is InChI=1S/C21H20FNO2/c1-13-15-6-4-5-7-18(15)23-12-21(2,11-19(24)25-3)17-10-14(22)8-9-16(17)20(13)23/h4-10H,11-12H2,1-3H3. The lowest BCUT2D eigenvalue weighted by Crippen LogP contribution is -2.35. The van der Waals surface area contributed by atoms with Crippen LogP contribution in [0.25, 0.3) is 22.2 Å². The van der Waals surface area contributed by atoms with E-state index in [9.17, 15) is 9.18 Å². The number of hydrogen-bond donors (Lipinski definition) is 0. The molecular formula is C21H20FNO2. The van der Waals surface area contributed by atoms with Crippen LogP contribution >= 0.6 is 0 Å². The molecule has 3 aromatic rings. The highest BCUT2D eigenvalue weighted by Crippen LogP contribution is 2.46. The molecule has 25 heavy (non-hydrogen) atoms. The van der Waals surface area contributed by atoms with Crippen molar-refractivity contribution in [1.82, 2.24) is 4.57 Å². The van der Waals surface area contributed by atoms with Gasteiger partial charge >= 0.3 is 5.97 Å². The number of fused-ring (bicyclic) bond motifs is 5. The molecule has 0 saturated heterocycles. The first-order chi connectivity index (χ1) is 11.9. The van der Waals surface area contributed by atoms with Crippen molar-refractivity contribution in [3.63, 3.8) is 0 Å². The van der Waals surface area contributed by atoms with Crippen LogP contribution in [0.3, 0.4) is 0 Å². The molecule has 1 unspecified atom stereocenters. The molecule has 2 heterocycles. The molecular weight excluding hydrogens is 317 g/mol. The summed E-state index contributed by atoms with van der Waals surface area (Å²) in [6.45, 7) is 4.72. The lowest BCUT2D eigenvalue weighted by Gasteiger charge is -2.37. The molecule has 0 radical (unpaired) electrons. The largest absolute Gasteiger partial charge is 0.469 e. The number of aromatic nitrogens is 1. The Bertz CT molecular complexity index is 1000. The second-order valence-corrected chi connectivity index (χ2v) is 7.08. The molecule has 1 aliphatic rings. The molecule has 0 N–H and O–H groups in total. The summed E-state index contributed by atoms with van der Waals surface area (Å²) in [6, 6.07) is 13.1. The van der Waals surface area contributed by atoms with Gasteiger partial charge in [-0.05, 0) is 42.3 Å². The highest BCUT2D eigenvalue weighted by atomic mass is 19.1. The molecule has 4 heteroatoms. The van der Waals surface area contributed by atoms with Crippen LogP contribution in [0, 0.1) is 12.7 Å². The number of halogens is 1. The first-order valence-corrected chi connectivity index (χ1v) is 8.39. The van der Waals surface area contributed by atoms with E-state index in [2.05, 4.69) is 23.6 Å². The quantitative estimate of drug-likeness (QED) is 0.641. The van der Waals surface area contributed by atoms with E-state index in [1.54, 1.807) is 6.07 Å². The zero-order valence-corrected chi connectivity index (χ0v) is 14.6. The van der Waals surface area contributed by atoms with E-state index >= 15 is 0 Å². The van der Waals surface area contributed by atoms with Gasteiger partial charge in [0, 0.05) is 28.4 Å². The topological polar surface area (TPSA) is 31.2 Å². The van der Waals surface area contributed by atoms with Gasteiger partial charge in [-0.25, -0.2) is 4.39 Å². The number of hydrogen-bond acceptors (Lipinski definition) is 2. The predicted molar refractivity (Wildman–Crippen MR) is 96.1 cm³/mol. The molecule has 0 amide bonds. The van der Waals surface area contributed by atoms with Gasteiger partial charge in [-0.15, -0.1) is 0 Å². The zero-order valence-electron chi connectivity index (χ0n) is 14.6. The minimum Gasteiger partial charge on any atom is -0.469 e. The van der Waals surface area contributed by atoms with Crippen molar-refractivity contribution in [2.45, 2.75) is 32.2 Å². The van der Waals surface area contributed by atoms with Crippen LogP contribution in [0.15, 0.2) is 42.5 Å². The Morgan fingerprint density at radius 2 is 2.04 bits per heavy atom. The van der Waals surface area contributed by atoms with Gasteiger partial charge in [0.2, 0.25) is 0 Å². The lowest BCUT2D eigenvalue weighted by atomic mass is 9.74. The number of aryl methyl sites for hydroxylation is 1. The Morgan fingerprint density at radius 1 is 1.28 bits per heavy atom. The summed E-state index contributed by atoms with van der Waals surface area (Å²) in [5, 5.41) is 1.19. The Labute approximate surface area is 146 Å². The van der Waals surface area contributed by atoms with E-state index in [1.807, 2.05) is 25.1 Å². The molecule has 128 valence electrons. The van der Waals surface area contributed by atoms with Gasteiger partial charge in [-0.1, -0.05) is 25.1 Å². The summed E-state index contributed by atoms with van der Waals surface area (Å²) in [6.07, 6.45) is 0.213. The number of rotatable bonds is 2. The molecule has 1 atom stereocenters. The number of esters is 1. The van der Waals surface area contributed by atoms with Gasteiger partial charge < -0.3 is 9.30 Å². The Hall–Kier alpha value is -2.62. The van der Waals surface area contributed by atoms with Gasteiger partial charge in [0.1, 0.15) is 5.82 Å². The number of methoxy groups -OCH3 is 1. The maximum Gasteiger partial charge on any atom is 0.306 e. The minimum absolute atomic E-state index is 0.213. The van der Waals surface area contributed by atoms with Crippen molar-refractivity contribution in [2.24, 2.45) is 0 Å². The van der Waals surface area contributed by atoms with Crippen molar-refractivity contribution in [3.8, 4) is 11.3 Å². The Balaban J connectivity index is 2.03. The third kappa shape index (κ3) is 2.28. The van der Waals surface area contributed by atoms with Gasteiger partial charge in [-0.3, -0.25) is 4.79 Å². The van der Waals surface area contributed by atoms with Crippen LogP contribution < -0.4 is 0 Å². The Morgan fingerprint density at radius 3 is 2.80 bits per heavy atom. The SMILES string of the molecule is COC(=O)CC1(C)Cn2c(c(C)c3ccccc32)-c2ccc(F)cc21. The summed E-state index contributed by atoms with van der Waals surface area (Å²) < 4.78 is 21.2. The van der Waals surface area contributed by atoms with Gasteiger partial charge in [-0.2, -0.15) is 0 Å². The molecule has 0 saturated carbocycles. The van der Waals surface area contributed by atoms with E-state index in [0.717, 1.165) is 22.3 Å². The molecule has 1 aliphatic heterocycles. The lowest BCUT2D eigenvalue weighted by molar-refractivity contribution is -0.142. The fourth-order valence-corrected chi connectivity index (χ4v) is 4.19. The second kappa shape index (κ2) is 5.45. The van der Waals surface area contributed by atoms with E-state index in [1.165, 1.54) is 24.1 Å². The number of carbonyl (C=O) groups excluding carboxylic acids is 1. The second-order valence-electron chi connectivity index (χ2n) is 7.08. The average Bonchev–Trinajstić information content (AvgIpc) is 2.88. The fourth-order valence-electron chi connectivity index (χ4n) is 4.19. The van der Waals surface area contributed by atoms with E-state index < -0.39 is 5.41 Å². The molecule has 2 aromatic carbocycles. The van der Waals surface area contributed by atoms with Gasteiger partial charge in [0.05, 0.1) is 19.2 Å². The monoisotopic (exact) mass is 337 g/mol. The Kier molecular flexibility index (Phi) is 3.46. The number of carbonyl (C=O) groups is 1. The van der Waals surface area contributed by atoms with Gasteiger partial charge in [0.15, 0.2) is 0 Å². The average molecular weight is 337 g/mol. The number of ether oxygens (including phenoxy) is 1. The summed E-state index contributed by atoms with van der Waals surface area (Å²) >= 11 is 0. The van der Waals surface area contributed by atoms with Crippen LogP contribution in [0.5, 0.6) is 0 Å². The van der Waals surface area contributed by atoms with Crippen LogP contribution in [-0.2, 0) is 21.5 Å². The molecule has 0 fully saturated rings. The number of nitrogens with zero attached hydrogens (tertiary/aromatic N) is 1. The van der Waals surface area contributed by atoms with E-state index in [0.29, 0.717) is 6.54 Å². The highest BCUT2D eigenvalue weighted by molar-refractivity contribution is 5.93. The first kappa shape index (κ1) is 15.9. The number of para-hydroxylation sites is 1. The van der Waals surface area contributed by atoms with Crippen molar-refractivity contribution in [2.75, 3.05) is 7.11 Å². The smallest absolute Gasteiger partial charge is 0.306 e. The highest BCUT2D eigenvalue weighted by Gasteiger charge is 2.39. The molecule has 0 aliphatic carbocycles. The van der Waals surface area contributed by atoms with Gasteiger partial charge in [0.25, 0.3) is 0 Å². The molecule has 4 rings (SSSR count). The van der Waals surface area contributed by atoms with Crippen LogP contribution in [0.1, 0.15) is 24.5 Å². The molecule has 0 spiro atoms. The first-order valence-electron chi connectivity index (χ1n) is 8.39. The summed E-state index contributed by atoms with van der Waals surface area (Å²) in [5.74, 6) is -0.564. The van der Waals surface area contributed by atoms with Crippen LogP contribution in [0.4, 0.5) is 4.39 Å².